The van der Waals surface area contributed by atoms with Crippen LogP contribution >= 0.6 is 0 Å². The zero-order valence-corrected chi connectivity index (χ0v) is 15.9. The average molecular weight is 409 g/mol. The van der Waals surface area contributed by atoms with Crippen molar-refractivity contribution < 1.29 is 14.5 Å². The Bertz CT molecular complexity index is 996. The van der Waals surface area contributed by atoms with Crippen LogP contribution in [0.2, 0.25) is 0 Å². The van der Waals surface area contributed by atoms with Crippen molar-refractivity contribution in [1.29, 1.82) is 5.26 Å². The third-order valence-electron chi connectivity index (χ3n) is 4.81. The molecule has 1 aliphatic heterocycles. The van der Waals surface area contributed by atoms with Gasteiger partial charge in [-0.15, -0.1) is 0 Å². The maximum atomic E-state index is 12.1. The minimum Gasteiger partial charge on any atom is -0.354 e. The first-order valence-electron chi connectivity index (χ1n) is 9.28. The van der Waals surface area contributed by atoms with E-state index in [0.717, 1.165) is 12.8 Å². The molecule has 154 valence electrons. The minimum absolute atomic E-state index is 0.0341. The van der Waals surface area contributed by atoms with Crippen LogP contribution in [0.15, 0.2) is 36.7 Å². The third-order valence-corrected chi connectivity index (χ3v) is 4.81. The lowest BCUT2D eigenvalue weighted by molar-refractivity contribution is -0.383. The van der Waals surface area contributed by atoms with Crippen LogP contribution in [-0.4, -0.2) is 46.3 Å². The van der Waals surface area contributed by atoms with Crippen LogP contribution in [-0.2, 0) is 9.59 Å². The number of hydrogen-bond acceptors (Lipinski definition) is 8. The summed E-state index contributed by atoms with van der Waals surface area (Å²) < 4.78 is 0. The van der Waals surface area contributed by atoms with E-state index in [1.807, 2.05) is 11.0 Å². The average Bonchev–Trinajstić information content (AvgIpc) is 2.78. The summed E-state index contributed by atoms with van der Waals surface area (Å²) in [4.78, 5) is 44.7. The molecule has 0 atom stereocenters. The van der Waals surface area contributed by atoms with Crippen molar-refractivity contribution in [3.63, 3.8) is 0 Å². The molecule has 0 aliphatic carbocycles. The van der Waals surface area contributed by atoms with E-state index in [4.69, 9.17) is 5.26 Å². The van der Waals surface area contributed by atoms with E-state index in [1.54, 1.807) is 0 Å². The maximum absolute atomic E-state index is 12.1. The maximum Gasteiger partial charge on any atom is 0.313 e. The van der Waals surface area contributed by atoms with Crippen LogP contribution < -0.4 is 15.5 Å². The molecule has 2 N–H and O–H groups in total. The Balaban J connectivity index is 1.49. The van der Waals surface area contributed by atoms with Gasteiger partial charge in [-0.3, -0.25) is 19.7 Å². The topological polar surface area (TPSA) is 154 Å². The summed E-state index contributed by atoms with van der Waals surface area (Å²) in [6.07, 6.45) is 4.50. The summed E-state index contributed by atoms with van der Waals surface area (Å²) in [6, 6.07) is 7.64. The molecule has 11 heteroatoms. The van der Waals surface area contributed by atoms with Gasteiger partial charge in [0.15, 0.2) is 11.5 Å². The van der Waals surface area contributed by atoms with Gasteiger partial charge in [-0.05, 0) is 24.8 Å². The molecule has 1 aromatic heterocycles. The van der Waals surface area contributed by atoms with Gasteiger partial charge in [0.1, 0.15) is 11.8 Å². The second-order valence-corrected chi connectivity index (χ2v) is 6.71. The number of amides is 2. The lowest BCUT2D eigenvalue weighted by atomic mass is 9.96. The van der Waals surface area contributed by atoms with Crippen molar-refractivity contribution in [2.45, 2.75) is 12.8 Å². The number of carbonyl (C=O) groups is 2. The molecule has 2 heterocycles. The highest BCUT2D eigenvalue weighted by molar-refractivity contribution is 6.39. The van der Waals surface area contributed by atoms with E-state index < -0.39 is 16.7 Å². The van der Waals surface area contributed by atoms with Crippen LogP contribution in [0.3, 0.4) is 0 Å². The molecule has 2 aromatic rings. The second-order valence-electron chi connectivity index (χ2n) is 6.71. The molecule has 1 aromatic carbocycles. The fraction of sp³-hybridized carbons (Fsp3) is 0.316. The van der Waals surface area contributed by atoms with Gasteiger partial charge in [0.25, 0.3) is 5.69 Å². The highest BCUT2D eigenvalue weighted by atomic mass is 16.6. The van der Waals surface area contributed by atoms with Gasteiger partial charge in [-0.1, -0.05) is 12.1 Å². The van der Waals surface area contributed by atoms with Crippen LogP contribution in [0.4, 0.5) is 17.2 Å². The number of aromatic nitrogens is 2. The summed E-state index contributed by atoms with van der Waals surface area (Å²) >= 11 is 0. The van der Waals surface area contributed by atoms with Crippen LogP contribution in [0.5, 0.6) is 0 Å². The van der Waals surface area contributed by atoms with Crippen molar-refractivity contribution in [3.8, 4) is 6.07 Å². The predicted molar refractivity (Wildman–Crippen MR) is 106 cm³/mol. The number of piperidine rings is 1. The summed E-state index contributed by atoms with van der Waals surface area (Å²) in [5.41, 5.74) is -0.0454. The Hall–Kier alpha value is -4.07. The number of para-hydroxylation sites is 2. The molecule has 1 aliphatic rings. The predicted octanol–water partition coefficient (Wildman–Crippen LogP) is 1.23. The van der Waals surface area contributed by atoms with Crippen LogP contribution in [0, 0.1) is 27.4 Å². The van der Waals surface area contributed by atoms with E-state index in [-0.39, 0.29) is 23.0 Å². The van der Waals surface area contributed by atoms with Gasteiger partial charge in [0.2, 0.25) is 0 Å². The fourth-order valence-electron chi connectivity index (χ4n) is 3.22. The van der Waals surface area contributed by atoms with E-state index in [9.17, 15) is 19.7 Å². The second kappa shape index (κ2) is 9.42. The lowest BCUT2D eigenvalue weighted by Gasteiger charge is -2.32. The van der Waals surface area contributed by atoms with Gasteiger partial charge in [-0.25, -0.2) is 9.97 Å². The summed E-state index contributed by atoms with van der Waals surface area (Å²) in [7, 11) is 0. The lowest BCUT2D eigenvalue weighted by Crippen LogP contribution is -2.42. The normalized spacial score (nSPS) is 13.9. The summed E-state index contributed by atoms with van der Waals surface area (Å²) in [6.45, 7) is 1.61. The van der Waals surface area contributed by atoms with Gasteiger partial charge in [0.05, 0.1) is 4.92 Å². The van der Waals surface area contributed by atoms with E-state index in [1.165, 1.54) is 36.7 Å². The third kappa shape index (κ3) is 4.85. The molecular weight excluding hydrogens is 390 g/mol. The highest BCUT2D eigenvalue weighted by Gasteiger charge is 2.24. The molecule has 0 spiro atoms. The van der Waals surface area contributed by atoms with Gasteiger partial charge < -0.3 is 15.5 Å². The standard InChI is InChI=1S/C19H19N7O4/c20-11-15-17(22-8-7-21-15)25-9-5-13(6-10-25)12-23-18(27)19(28)24-14-3-1-2-4-16(14)26(29)30/h1-4,7-8,13H,5-6,9-10,12H2,(H,23,27)(H,24,28). The van der Waals surface area contributed by atoms with Gasteiger partial charge in [-0.2, -0.15) is 5.26 Å². The number of nitrogens with one attached hydrogen (secondary N) is 2. The summed E-state index contributed by atoms with van der Waals surface area (Å²) in [5.74, 6) is -1.10. The number of hydrogen-bond donors (Lipinski definition) is 2. The Labute approximate surface area is 171 Å². The Morgan fingerprint density at radius 2 is 1.90 bits per heavy atom. The number of benzene rings is 1. The van der Waals surface area contributed by atoms with E-state index >= 15 is 0 Å². The SMILES string of the molecule is N#Cc1nccnc1N1CCC(CNC(=O)C(=O)Nc2ccccc2[N+](=O)[O-])CC1. The number of nitriles is 1. The molecule has 2 amide bonds. The molecule has 3 rings (SSSR count). The number of nitro benzene ring substituents is 1. The number of carbonyl (C=O) groups excluding carboxylic acids is 2. The minimum atomic E-state index is -0.958. The first kappa shape index (κ1) is 20.7. The van der Waals surface area contributed by atoms with Gasteiger partial charge >= 0.3 is 11.8 Å². The molecule has 30 heavy (non-hydrogen) atoms. The largest absolute Gasteiger partial charge is 0.354 e. The molecule has 0 unspecified atom stereocenters. The molecule has 0 radical (unpaired) electrons. The Kier molecular flexibility index (Phi) is 6.49. The Morgan fingerprint density at radius 1 is 1.20 bits per heavy atom. The zero-order chi connectivity index (χ0) is 21.5. The zero-order valence-electron chi connectivity index (χ0n) is 15.9. The molecule has 0 saturated carbocycles. The fourth-order valence-corrected chi connectivity index (χ4v) is 3.22. The Morgan fingerprint density at radius 3 is 2.60 bits per heavy atom. The highest BCUT2D eigenvalue weighted by Crippen LogP contribution is 2.24. The van der Waals surface area contributed by atoms with Crippen molar-refractivity contribution >= 4 is 29.0 Å². The monoisotopic (exact) mass is 409 g/mol. The van der Waals surface area contributed by atoms with Gasteiger partial charge in [0, 0.05) is 38.1 Å². The quantitative estimate of drug-likeness (QED) is 0.424. The van der Waals surface area contributed by atoms with Crippen molar-refractivity contribution in [3.05, 3.63) is 52.5 Å². The molecular formula is C19H19N7O4. The number of nitrogens with zero attached hydrogens (tertiary/aromatic N) is 5. The number of anilines is 2. The summed E-state index contributed by atoms with van der Waals surface area (Å²) in [5, 5.41) is 25.0. The smallest absolute Gasteiger partial charge is 0.313 e. The van der Waals surface area contributed by atoms with Crippen LogP contribution in [0.25, 0.3) is 0 Å². The molecule has 1 fully saturated rings. The van der Waals surface area contributed by atoms with E-state index in [0.29, 0.717) is 25.5 Å². The van der Waals surface area contributed by atoms with Crippen molar-refractivity contribution in [1.82, 2.24) is 15.3 Å². The van der Waals surface area contributed by atoms with Crippen molar-refractivity contribution in [2.24, 2.45) is 5.92 Å². The molecule has 1 saturated heterocycles. The first-order chi connectivity index (χ1) is 14.5. The first-order valence-corrected chi connectivity index (χ1v) is 9.28. The number of nitro groups is 1. The van der Waals surface area contributed by atoms with E-state index in [2.05, 4.69) is 20.6 Å². The number of rotatable bonds is 5. The van der Waals surface area contributed by atoms with Crippen LogP contribution in [0.1, 0.15) is 18.5 Å². The van der Waals surface area contributed by atoms with Crippen molar-refractivity contribution in [2.75, 3.05) is 29.9 Å². The molecule has 0 bridgehead atoms. The molecule has 11 nitrogen and oxygen atoms in total.